The number of halogens is 1. The predicted molar refractivity (Wildman–Crippen MR) is 83.7 cm³/mol. The Morgan fingerprint density at radius 2 is 1.90 bits per heavy atom. The molecule has 3 heteroatoms. The highest BCUT2D eigenvalue weighted by atomic mass is 19.1. The summed E-state index contributed by atoms with van der Waals surface area (Å²) in [6.45, 7) is 12.7. The quantitative estimate of drug-likeness (QED) is 0.909. The molecule has 1 saturated heterocycles. The minimum atomic E-state index is -0.107. The van der Waals surface area contributed by atoms with Gasteiger partial charge in [0.15, 0.2) is 0 Å². The van der Waals surface area contributed by atoms with Gasteiger partial charge in [0.2, 0.25) is 0 Å². The lowest BCUT2D eigenvalue weighted by Gasteiger charge is -2.45. The molecule has 2 unspecified atom stereocenters. The summed E-state index contributed by atoms with van der Waals surface area (Å²) < 4.78 is 13.9. The first-order valence-corrected chi connectivity index (χ1v) is 7.66. The first-order valence-electron chi connectivity index (χ1n) is 7.66. The predicted octanol–water partition coefficient (Wildman–Crippen LogP) is 3.59. The smallest absolute Gasteiger partial charge is 0.128 e. The molecule has 20 heavy (non-hydrogen) atoms. The first kappa shape index (κ1) is 15.3. The van der Waals surface area contributed by atoms with Crippen LogP contribution in [0.4, 0.5) is 10.1 Å². The largest absolute Gasteiger partial charge is 0.365 e. The normalized spacial score (nSPS) is 23.7. The summed E-state index contributed by atoms with van der Waals surface area (Å²) in [6.07, 6.45) is 0. The third-order valence-electron chi connectivity index (χ3n) is 4.44. The minimum Gasteiger partial charge on any atom is -0.365 e. The molecule has 112 valence electrons. The molecule has 0 aliphatic carbocycles. The van der Waals surface area contributed by atoms with E-state index in [1.807, 2.05) is 13.0 Å². The number of benzene rings is 1. The maximum atomic E-state index is 13.9. The molecule has 1 aliphatic heterocycles. The van der Waals surface area contributed by atoms with Crippen LogP contribution in [0.2, 0.25) is 0 Å². The van der Waals surface area contributed by atoms with Crippen molar-refractivity contribution in [2.24, 2.45) is 11.8 Å². The van der Waals surface area contributed by atoms with Crippen molar-refractivity contribution in [3.05, 3.63) is 29.6 Å². The topological polar surface area (TPSA) is 15.3 Å². The molecule has 0 aromatic heterocycles. The summed E-state index contributed by atoms with van der Waals surface area (Å²) in [5.41, 5.74) is 1.73. The van der Waals surface area contributed by atoms with Gasteiger partial charge in [0.1, 0.15) is 5.82 Å². The standard InChI is InChI=1S/C17H27FN2/c1-11(2)16-10-20(17(9-19-16)12(3)4)14-7-6-13(5)15(18)8-14/h6-8,11-12,16-17,19H,9-10H2,1-5H3. The van der Waals surface area contributed by atoms with Gasteiger partial charge in [-0.25, -0.2) is 4.39 Å². The van der Waals surface area contributed by atoms with Crippen LogP contribution in [-0.4, -0.2) is 25.2 Å². The SMILES string of the molecule is Cc1ccc(N2CC(C(C)C)NCC2C(C)C)cc1F. The molecule has 1 fully saturated rings. The third kappa shape index (κ3) is 3.14. The summed E-state index contributed by atoms with van der Waals surface area (Å²) in [5.74, 6) is 1.02. The lowest BCUT2D eigenvalue weighted by Crippen LogP contribution is -2.60. The molecule has 2 rings (SSSR count). The van der Waals surface area contributed by atoms with Gasteiger partial charge in [-0.1, -0.05) is 33.8 Å². The van der Waals surface area contributed by atoms with Crippen molar-refractivity contribution in [3.8, 4) is 0 Å². The van der Waals surface area contributed by atoms with Crippen molar-refractivity contribution < 1.29 is 4.39 Å². The Morgan fingerprint density at radius 1 is 1.20 bits per heavy atom. The fourth-order valence-corrected chi connectivity index (χ4v) is 2.89. The molecule has 0 saturated carbocycles. The molecule has 1 heterocycles. The van der Waals surface area contributed by atoms with E-state index in [0.717, 1.165) is 18.8 Å². The molecule has 0 radical (unpaired) electrons. The Kier molecular flexibility index (Phi) is 4.69. The fraction of sp³-hybridized carbons (Fsp3) is 0.647. The Morgan fingerprint density at radius 3 is 2.45 bits per heavy atom. The lowest BCUT2D eigenvalue weighted by molar-refractivity contribution is 0.295. The summed E-state index contributed by atoms with van der Waals surface area (Å²) >= 11 is 0. The monoisotopic (exact) mass is 278 g/mol. The molecular weight excluding hydrogens is 251 g/mol. The van der Waals surface area contributed by atoms with Crippen LogP contribution in [0.5, 0.6) is 0 Å². The zero-order valence-corrected chi connectivity index (χ0v) is 13.3. The van der Waals surface area contributed by atoms with E-state index < -0.39 is 0 Å². The van der Waals surface area contributed by atoms with E-state index in [-0.39, 0.29) is 5.82 Å². The molecule has 1 N–H and O–H groups in total. The van der Waals surface area contributed by atoms with Crippen LogP contribution in [-0.2, 0) is 0 Å². The number of aryl methyl sites for hydroxylation is 1. The number of nitrogens with zero attached hydrogens (tertiary/aromatic N) is 1. The van der Waals surface area contributed by atoms with Gasteiger partial charge >= 0.3 is 0 Å². The van der Waals surface area contributed by atoms with E-state index in [1.165, 1.54) is 0 Å². The van der Waals surface area contributed by atoms with Crippen molar-refractivity contribution >= 4 is 5.69 Å². The Bertz CT molecular complexity index is 456. The number of rotatable bonds is 3. The zero-order chi connectivity index (χ0) is 14.9. The Balaban J connectivity index is 2.28. The number of hydrogen-bond donors (Lipinski definition) is 1. The van der Waals surface area contributed by atoms with Crippen LogP contribution < -0.4 is 10.2 Å². The molecule has 1 aliphatic rings. The molecule has 0 amide bonds. The van der Waals surface area contributed by atoms with Crippen molar-refractivity contribution in [1.82, 2.24) is 5.32 Å². The zero-order valence-electron chi connectivity index (χ0n) is 13.3. The molecular formula is C17H27FN2. The van der Waals surface area contributed by atoms with Crippen LogP contribution in [0.1, 0.15) is 33.3 Å². The average molecular weight is 278 g/mol. The Hall–Kier alpha value is -1.09. The summed E-state index contributed by atoms with van der Waals surface area (Å²) in [4.78, 5) is 2.38. The lowest BCUT2D eigenvalue weighted by atomic mass is 9.93. The van der Waals surface area contributed by atoms with Crippen LogP contribution >= 0.6 is 0 Å². The van der Waals surface area contributed by atoms with Gasteiger partial charge in [0.05, 0.1) is 0 Å². The van der Waals surface area contributed by atoms with Crippen molar-refractivity contribution in [1.29, 1.82) is 0 Å². The first-order chi connectivity index (χ1) is 9.40. The van der Waals surface area contributed by atoms with Crippen LogP contribution in [0.15, 0.2) is 18.2 Å². The van der Waals surface area contributed by atoms with Crippen molar-refractivity contribution in [3.63, 3.8) is 0 Å². The summed E-state index contributed by atoms with van der Waals surface area (Å²) in [7, 11) is 0. The molecule has 0 bridgehead atoms. The van der Waals surface area contributed by atoms with E-state index in [4.69, 9.17) is 0 Å². The van der Waals surface area contributed by atoms with Gasteiger partial charge in [-0.15, -0.1) is 0 Å². The molecule has 0 spiro atoms. The van der Waals surface area contributed by atoms with E-state index in [9.17, 15) is 4.39 Å². The van der Waals surface area contributed by atoms with Crippen molar-refractivity contribution in [2.45, 2.75) is 46.7 Å². The second kappa shape index (κ2) is 6.13. The Labute approximate surface area is 122 Å². The second-order valence-corrected chi connectivity index (χ2v) is 6.66. The highest BCUT2D eigenvalue weighted by molar-refractivity contribution is 5.50. The third-order valence-corrected chi connectivity index (χ3v) is 4.44. The number of piperazine rings is 1. The second-order valence-electron chi connectivity index (χ2n) is 6.66. The van der Waals surface area contributed by atoms with Crippen LogP contribution in [0.3, 0.4) is 0 Å². The number of anilines is 1. The average Bonchev–Trinajstić information content (AvgIpc) is 2.41. The van der Waals surface area contributed by atoms with E-state index in [0.29, 0.717) is 29.5 Å². The number of nitrogens with one attached hydrogen (secondary N) is 1. The molecule has 1 aromatic rings. The highest BCUT2D eigenvalue weighted by Crippen LogP contribution is 2.26. The van der Waals surface area contributed by atoms with E-state index in [2.05, 4.69) is 44.0 Å². The summed E-state index contributed by atoms with van der Waals surface area (Å²) in [6, 6.07) is 6.51. The van der Waals surface area contributed by atoms with Gasteiger partial charge in [0.25, 0.3) is 0 Å². The maximum absolute atomic E-state index is 13.9. The van der Waals surface area contributed by atoms with Gasteiger partial charge < -0.3 is 10.2 Å². The van der Waals surface area contributed by atoms with Gasteiger partial charge in [-0.3, -0.25) is 0 Å². The van der Waals surface area contributed by atoms with Crippen molar-refractivity contribution in [2.75, 3.05) is 18.0 Å². The molecule has 2 nitrogen and oxygen atoms in total. The minimum absolute atomic E-state index is 0.107. The summed E-state index contributed by atoms with van der Waals surface area (Å²) in [5, 5.41) is 3.64. The van der Waals surface area contributed by atoms with Crippen LogP contribution in [0.25, 0.3) is 0 Å². The van der Waals surface area contributed by atoms with Gasteiger partial charge in [0, 0.05) is 30.9 Å². The van der Waals surface area contributed by atoms with Gasteiger partial charge in [-0.05, 0) is 36.5 Å². The molecule has 2 atom stereocenters. The fourth-order valence-electron chi connectivity index (χ4n) is 2.89. The highest BCUT2D eigenvalue weighted by Gasteiger charge is 2.31. The maximum Gasteiger partial charge on any atom is 0.128 e. The van der Waals surface area contributed by atoms with E-state index in [1.54, 1.807) is 6.07 Å². The van der Waals surface area contributed by atoms with Crippen LogP contribution in [0, 0.1) is 24.6 Å². The van der Waals surface area contributed by atoms with E-state index >= 15 is 0 Å². The van der Waals surface area contributed by atoms with Gasteiger partial charge in [-0.2, -0.15) is 0 Å². The molecule has 1 aromatic carbocycles. The number of hydrogen-bond acceptors (Lipinski definition) is 2.